The van der Waals surface area contributed by atoms with E-state index in [1.807, 2.05) is 30.3 Å². The zero-order valence-corrected chi connectivity index (χ0v) is 14.5. The minimum absolute atomic E-state index is 0.103. The lowest BCUT2D eigenvalue weighted by molar-refractivity contribution is -0.130. The third-order valence-corrected chi connectivity index (χ3v) is 5.44. The molecule has 2 amide bonds. The summed E-state index contributed by atoms with van der Waals surface area (Å²) in [6.07, 6.45) is 5.47. The molecule has 1 aromatic heterocycles. The van der Waals surface area contributed by atoms with E-state index < -0.39 is 0 Å². The Labute approximate surface area is 151 Å². The molecule has 2 aromatic rings. The highest BCUT2D eigenvalue weighted by molar-refractivity contribution is 5.81. The normalized spacial score (nSPS) is 23.8. The van der Waals surface area contributed by atoms with Crippen LogP contribution in [0.15, 0.2) is 30.3 Å². The van der Waals surface area contributed by atoms with Crippen molar-refractivity contribution in [1.82, 2.24) is 31.1 Å². The van der Waals surface area contributed by atoms with E-state index in [-0.39, 0.29) is 18.4 Å². The van der Waals surface area contributed by atoms with Gasteiger partial charge in [-0.15, -0.1) is 10.2 Å². The molecule has 8 nitrogen and oxygen atoms in total. The van der Waals surface area contributed by atoms with E-state index in [0.717, 1.165) is 17.9 Å². The summed E-state index contributed by atoms with van der Waals surface area (Å²) in [6.45, 7) is -0.103. The number of hydrazine groups is 1. The second-order valence-corrected chi connectivity index (χ2v) is 7.24. The summed E-state index contributed by atoms with van der Waals surface area (Å²) >= 11 is 0. The molecule has 3 atom stereocenters. The number of nitrogens with one attached hydrogen (secondary N) is 2. The van der Waals surface area contributed by atoms with Gasteiger partial charge in [0.15, 0.2) is 0 Å². The van der Waals surface area contributed by atoms with E-state index in [1.54, 1.807) is 0 Å². The molecule has 2 fully saturated rings. The van der Waals surface area contributed by atoms with Gasteiger partial charge in [-0.25, -0.2) is 0 Å². The lowest BCUT2D eigenvalue weighted by Gasteiger charge is -2.20. The first kappa shape index (κ1) is 16.7. The Kier molecular flexibility index (Phi) is 4.64. The fraction of sp³-hybridized carbons (Fsp3) is 0.500. The number of hydrogen-bond acceptors (Lipinski definition) is 5. The van der Waals surface area contributed by atoms with Gasteiger partial charge >= 0.3 is 0 Å². The maximum atomic E-state index is 12.0. The number of fused-ring (bicyclic) bond motifs is 2. The van der Waals surface area contributed by atoms with Gasteiger partial charge in [-0.2, -0.15) is 4.80 Å². The van der Waals surface area contributed by atoms with Crippen molar-refractivity contribution in [2.24, 2.45) is 17.8 Å². The Morgan fingerprint density at radius 1 is 1.08 bits per heavy atom. The summed E-state index contributed by atoms with van der Waals surface area (Å²) in [5, 5.41) is 12.0. The first-order valence-corrected chi connectivity index (χ1v) is 9.08. The number of nitrogens with zero attached hydrogens (tertiary/aromatic N) is 4. The van der Waals surface area contributed by atoms with E-state index in [4.69, 9.17) is 0 Å². The average molecular weight is 354 g/mol. The fourth-order valence-corrected chi connectivity index (χ4v) is 4.24. The second-order valence-electron chi connectivity index (χ2n) is 7.24. The molecule has 0 radical (unpaired) electrons. The van der Waals surface area contributed by atoms with Crippen LogP contribution in [0.2, 0.25) is 0 Å². The molecule has 2 bridgehead atoms. The van der Waals surface area contributed by atoms with Crippen LogP contribution in [-0.4, -0.2) is 32.0 Å². The average Bonchev–Trinajstić information content (AvgIpc) is 3.38. The van der Waals surface area contributed by atoms with Gasteiger partial charge in [-0.05, 0) is 42.2 Å². The van der Waals surface area contributed by atoms with Crippen LogP contribution in [0.1, 0.15) is 32.1 Å². The first-order chi connectivity index (χ1) is 12.7. The lowest BCUT2D eigenvalue weighted by atomic mass is 9.86. The molecule has 0 saturated heterocycles. The molecule has 0 unspecified atom stereocenters. The van der Waals surface area contributed by atoms with Crippen LogP contribution >= 0.6 is 0 Å². The van der Waals surface area contributed by atoms with E-state index in [9.17, 15) is 9.59 Å². The van der Waals surface area contributed by atoms with Crippen LogP contribution in [0.25, 0.3) is 11.4 Å². The lowest BCUT2D eigenvalue weighted by Crippen LogP contribution is -2.44. The van der Waals surface area contributed by atoms with E-state index in [2.05, 4.69) is 26.3 Å². The number of carbonyl (C=O) groups excluding carboxylic acids is 2. The molecule has 2 saturated carbocycles. The highest BCUT2D eigenvalue weighted by Crippen LogP contribution is 2.49. The van der Waals surface area contributed by atoms with Gasteiger partial charge in [-0.3, -0.25) is 20.4 Å². The van der Waals surface area contributed by atoms with Crippen molar-refractivity contribution in [3.05, 3.63) is 30.3 Å². The predicted octanol–water partition coefficient (Wildman–Crippen LogP) is 1.31. The molecule has 26 heavy (non-hydrogen) atoms. The molecular weight excluding hydrogens is 332 g/mol. The van der Waals surface area contributed by atoms with Crippen molar-refractivity contribution in [3.8, 4) is 11.4 Å². The molecule has 136 valence electrons. The summed E-state index contributed by atoms with van der Waals surface area (Å²) in [5.74, 6) is 1.91. The van der Waals surface area contributed by atoms with E-state index in [1.165, 1.54) is 24.1 Å². The molecule has 2 aliphatic rings. The van der Waals surface area contributed by atoms with Crippen molar-refractivity contribution < 1.29 is 9.59 Å². The fourth-order valence-electron chi connectivity index (χ4n) is 4.24. The molecule has 4 rings (SSSR count). The number of hydrogen-bond donors (Lipinski definition) is 2. The molecule has 8 heteroatoms. The number of tetrazole rings is 1. The van der Waals surface area contributed by atoms with Gasteiger partial charge in [0.2, 0.25) is 11.7 Å². The zero-order chi connectivity index (χ0) is 17.9. The summed E-state index contributed by atoms with van der Waals surface area (Å²) in [7, 11) is 0. The predicted molar refractivity (Wildman–Crippen MR) is 93.1 cm³/mol. The van der Waals surface area contributed by atoms with Crippen LogP contribution < -0.4 is 10.9 Å². The molecular formula is C18H22N6O2. The Hall–Kier alpha value is -2.77. The maximum Gasteiger partial charge on any atom is 0.262 e. The Bertz CT molecular complexity index is 790. The maximum absolute atomic E-state index is 12.0. The van der Waals surface area contributed by atoms with Gasteiger partial charge in [0.1, 0.15) is 6.54 Å². The molecule has 1 aromatic carbocycles. The van der Waals surface area contributed by atoms with E-state index >= 15 is 0 Å². The first-order valence-electron chi connectivity index (χ1n) is 9.08. The van der Waals surface area contributed by atoms with Crippen LogP contribution in [0, 0.1) is 17.8 Å². The van der Waals surface area contributed by atoms with Gasteiger partial charge < -0.3 is 0 Å². The molecule has 2 aliphatic carbocycles. The summed E-state index contributed by atoms with van der Waals surface area (Å²) in [5.41, 5.74) is 5.76. The van der Waals surface area contributed by atoms with Gasteiger partial charge in [-0.1, -0.05) is 36.8 Å². The minimum atomic E-state index is -0.386. The van der Waals surface area contributed by atoms with Crippen LogP contribution in [0.3, 0.4) is 0 Å². The summed E-state index contributed by atoms with van der Waals surface area (Å²) in [6, 6.07) is 9.41. The topological polar surface area (TPSA) is 102 Å². The molecule has 2 N–H and O–H groups in total. The Morgan fingerprint density at radius 3 is 2.62 bits per heavy atom. The van der Waals surface area contributed by atoms with Crippen molar-refractivity contribution in [2.75, 3.05) is 0 Å². The Morgan fingerprint density at radius 2 is 1.88 bits per heavy atom. The smallest absolute Gasteiger partial charge is 0.262 e. The largest absolute Gasteiger partial charge is 0.273 e. The highest BCUT2D eigenvalue weighted by atomic mass is 16.2. The highest BCUT2D eigenvalue weighted by Gasteiger charge is 2.40. The second kappa shape index (κ2) is 7.23. The summed E-state index contributed by atoms with van der Waals surface area (Å²) < 4.78 is 0. The quantitative estimate of drug-likeness (QED) is 0.789. The zero-order valence-electron chi connectivity index (χ0n) is 14.5. The minimum Gasteiger partial charge on any atom is -0.273 e. The van der Waals surface area contributed by atoms with Crippen LogP contribution in [0.5, 0.6) is 0 Å². The van der Waals surface area contributed by atoms with Gasteiger partial charge in [0.05, 0.1) is 0 Å². The van der Waals surface area contributed by atoms with Crippen molar-refractivity contribution >= 4 is 11.8 Å². The monoisotopic (exact) mass is 354 g/mol. The van der Waals surface area contributed by atoms with Crippen LogP contribution in [-0.2, 0) is 16.1 Å². The van der Waals surface area contributed by atoms with Crippen molar-refractivity contribution in [1.29, 1.82) is 0 Å². The van der Waals surface area contributed by atoms with Crippen molar-refractivity contribution in [2.45, 2.75) is 38.6 Å². The Balaban J connectivity index is 1.23. The standard InChI is InChI=1S/C18H22N6O2/c25-16(10-15-9-12-6-7-14(15)8-12)19-20-17(26)11-24-22-18(21-23-24)13-4-2-1-3-5-13/h1-5,12,14-15H,6-11H2,(H,19,25)(H,20,26)/t12-,14-,15-/m1/s1. The van der Waals surface area contributed by atoms with E-state index in [0.29, 0.717) is 24.1 Å². The number of aromatic nitrogens is 4. The molecule has 0 aliphatic heterocycles. The number of amides is 2. The summed E-state index contributed by atoms with van der Waals surface area (Å²) in [4.78, 5) is 25.2. The number of carbonyl (C=O) groups is 2. The molecule has 1 heterocycles. The SMILES string of the molecule is O=C(C[C@H]1C[C@@H]2CC[C@@H]1C2)NNC(=O)Cn1nnc(-c2ccccc2)n1. The van der Waals surface area contributed by atoms with Crippen LogP contribution in [0.4, 0.5) is 0 Å². The van der Waals surface area contributed by atoms with Gasteiger partial charge in [0.25, 0.3) is 5.91 Å². The third-order valence-electron chi connectivity index (χ3n) is 5.44. The number of rotatable bonds is 5. The number of benzene rings is 1. The molecule has 0 spiro atoms. The van der Waals surface area contributed by atoms with Crippen molar-refractivity contribution in [3.63, 3.8) is 0 Å². The third kappa shape index (κ3) is 3.74. The van der Waals surface area contributed by atoms with Gasteiger partial charge in [0, 0.05) is 12.0 Å².